The summed E-state index contributed by atoms with van der Waals surface area (Å²) in [6, 6.07) is 7.01. The molecule has 40 heavy (non-hydrogen) atoms. The molecular weight excluding hydrogens is 648 g/mol. The van der Waals surface area contributed by atoms with Crippen LogP contribution in [0.2, 0.25) is 0 Å². The third-order valence-electron chi connectivity index (χ3n) is 5.87. The topological polar surface area (TPSA) is 141 Å². The standard InChI is InChI=1S/C28H40Br2N4O6/c1-3-39-23-15-19(13-21(29)27(23)37)17-31-33-25(35)11-9-7-5-6-8-10-12-26(36)34-32-18-20-14-22(30)28(38)24(16-20)40-4-2/h13-16,31-32,37-38H,3-12,17-18H2,1-2H3,(H,33,35)(H,34,36). The van der Waals surface area contributed by atoms with Crippen molar-refractivity contribution >= 4 is 43.7 Å². The zero-order valence-electron chi connectivity index (χ0n) is 23.1. The van der Waals surface area contributed by atoms with Crippen LogP contribution in [0.3, 0.4) is 0 Å². The van der Waals surface area contributed by atoms with Gasteiger partial charge in [-0.3, -0.25) is 20.4 Å². The summed E-state index contributed by atoms with van der Waals surface area (Å²) in [4.78, 5) is 24.1. The van der Waals surface area contributed by atoms with Gasteiger partial charge in [0, 0.05) is 25.9 Å². The summed E-state index contributed by atoms with van der Waals surface area (Å²) >= 11 is 6.62. The number of phenols is 2. The van der Waals surface area contributed by atoms with Crippen LogP contribution in [0.5, 0.6) is 23.0 Å². The van der Waals surface area contributed by atoms with Gasteiger partial charge in [0.1, 0.15) is 0 Å². The van der Waals surface area contributed by atoms with Crippen molar-refractivity contribution in [2.24, 2.45) is 0 Å². The molecule has 0 unspecified atom stereocenters. The fourth-order valence-corrected chi connectivity index (χ4v) is 4.86. The fraction of sp³-hybridized carbons (Fsp3) is 0.500. The lowest BCUT2D eigenvalue weighted by atomic mass is 10.1. The second kappa shape index (κ2) is 18.7. The molecule has 0 bridgehead atoms. The molecule has 222 valence electrons. The number of nitrogens with one attached hydrogen (secondary N) is 4. The first-order chi connectivity index (χ1) is 19.2. The number of unbranched alkanes of at least 4 members (excludes halogenated alkanes) is 5. The highest BCUT2D eigenvalue weighted by Gasteiger charge is 2.11. The van der Waals surface area contributed by atoms with Gasteiger partial charge in [-0.15, -0.1) is 0 Å². The Hall–Kier alpha value is -2.54. The number of carbonyl (C=O) groups excluding carboxylic acids is 2. The second-order valence-corrected chi connectivity index (χ2v) is 10.8. The summed E-state index contributed by atoms with van der Waals surface area (Å²) < 4.78 is 11.9. The Morgan fingerprint density at radius 3 is 1.43 bits per heavy atom. The van der Waals surface area contributed by atoms with Gasteiger partial charge in [-0.25, -0.2) is 10.9 Å². The molecule has 0 aromatic heterocycles. The summed E-state index contributed by atoms with van der Waals surface area (Å²) in [7, 11) is 0. The molecule has 0 saturated heterocycles. The Labute approximate surface area is 252 Å². The van der Waals surface area contributed by atoms with Gasteiger partial charge in [-0.1, -0.05) is 25.7 Å². The smallest absolute Gasteiger partial charge is 0.234 e. The molecule has 0 heterocycles. The predicted molar refractivity (Wildman–Crippen MR) is 161 cm³/mol. The van der Waals surface area contributed by atoms with Gasteiger partial charge in [-0.05, 0) is 93.9 Å². The van der Waals surface area contributed by atoms with E-state index in [1.54, 1.807) is 24.3 Å². The molecule has 10 nitrogen and oxygen atoms in total. The highest BCUT2D eigenvalue weighted by atomic mass is 79.9. The molecule has 0 aliphatic carbocycles. The highest BCUT2D eigenvalue weighted by molar-refractivity contribution is 9.10. The van der Waals surface area contributed by atoms with E-state index < -0.39 is 0 Å². The first-order valence-corrected chi connectivity index (χ1v) is 15.1. The average Bonchev–Trinajstić information content (AvgIpc) is 2.91. The predicted octanol–water partition coefficient (Wildman–Crippen LogP) is 5.48. The molecule has 2 aromatic rings. The maximum atomic E-state index is 12.1. The van der Waals surface area contributed by atoms with Crippen LogP contribution in [0.25, 0.3) is 0 Å². The van der Waals surface area contributed by atoms with Crippen LogP contribution < -0.4 is 31.2 Å². The number of benzene rings is 2. The Kier molecular flexibility index (Phi) is 15.8. The maximum absolute atomic E-state index is 12.1. The molecule has 0 fully saturated rings. The Morgan fingerprint density at radius 2 is 1.05 bits per heavy atom. The van der Waals surface area contributed by atoms with Crippen molar-refractivity contribution in [3.8, 4) is 23.0 Å². The first-order valence-electron chi connectivity index (χ1n) is 13.6. The van der Waals surface area contributed by atoms with Crippen molar-refractivity contribution in [3.63, 3.8) is 0 Å². The van der Waals surface area contributed by atoms with E-state index in [9.17, 15) is 19.8 Å². The van der Waals surface area contributed by atoms with Crippen molar-refractivity contribution < 1.29 is 29.3 Å². The summed E-state index contributed by atoms with van der Waals surface area (Å²) in [6.45, 7) is 5.38. The third kappa shape index (κ3) is 12.3. The molecular formula is C28H40Br2N4O6. The molecule has 0 aliphatic heterocycles. The van der Waals surface area contributed by atoms with Crippen molar-refractivity contribution in [1.29, 1.82) is 0 Å². The van der Waals surface area contributed by atoms with Crippen molar-refractivity contribution in [2.45, 2.75) is 78.3 Å². The van der Waals surface area contributed by atoms with Crippen molar-refractivity contribution in [2.75, 3.05) is 13.2 Å². The maximum Gasteiger partial charge on any atom is 0.234 e. The number of rotatable bonds is 19. The van der Waals surface area contributed by atoms with Crippen LogP contribution in [-0.2, 0) is 22.7 Å². The molecule has 2 rings (SSSR count). The van der Waals surface area contributed by atoms with Gasteiger partial charge in [0.25, 0.3) is 0 Å². The average molecular weight is 688 g/mol. The molecule has 12 heteroatoms. The van der Waals surface area contributed by atoms with E-state index in [0.29, 0.717) is 59.6 Å². The summed E-state index contributed by atoms with van der Waals surface area (Å²) in [6.07, 6.45) is 6.42. The van der Waals surface area contributed by atoms with Crippen LogP contribution in [0, 0.1) is 0 Å². The monoisotopic (exact) mass is 686 g/mol. The Balaban J connectivity index is 1.49. The molecule has 0 saturated carbocycles. The molecule has 0 radical (unpaired) electrons. The van der Waals surface area contributed by atoms with Crippen molar-refractivity contribution in [1.82, 2.24) is 21.7 Å². The lowest BCUT2D eigenvalue weighted by Gasteiger charge is -2.12. The van der Waals surface area contributed by atoms with E-state index in [1.807, 2.05) is 13.8 Å². The zero-order valence-corrected chi connectivity index (χ0v) is 26.3. The molecule has 6 N–H and O–H groups in total. The molecule has 2 aromatic carbocycles. The van der Waals surface area contributed by atoms with E-state index >= 15 is 0 Å². The lowest BCUT2D eigenvalue weighted by Crippen LogP contribution is -2.36. The SMILES string of the molecule is CCOc1cc(CNNC(=O)CCCCCCCCC(=O)NNCc2cc(Br)c(O)c(OCC)c2)cc(Br)c1O. The second-order valence-electron chi connectivity index (χ2n) is 9.14. The minimum absolute atomic E-state index is 0.0579. The van der Waals surface area contributed by atoms with Crippen LogP contribution in [0.4, 0.5) is 0 Å². The number of halogens is 2. The summed E-state index contributed by atoms with van der Waals surface area (Å²) in [5.41, 5.74) is 13.0. The summed E-state index contributed by atoms with van der Waals surface area (Å²) in [5.74, 6) is 0.771. The number of hydrogen-bond donors (Lipinski definition) is 6. The van der Waals surface area contributed by atoms with Gasteiger partial charge in [0.15, 0.2) is 23.0 Å². The van der Waals surface area contributed by atoms with Crippen LogP contribution in [-0.4, -0.2) is 35.2 Å². The van der Waals surface area contributed by atoms with E-state index in [4.69, 9.17) is 9.47 Å². The first kappa shape index (κ1) is 33.7. The number of ether oxygens (including phenoxy) is 2. The Morgan fingerprint density at radius 1 is 0.675 bits per heavy atom. The Bertz CT molecular complexity index is 1020. The summed E-state index contributed by atoms with van der Waals surface area (Å²) in [5, 5.41) is 20.0. The van der Waals surface area contributed by atoms with Gasteiger partial charge < -0.3 is 19.7 Å². The van der Waals surface area contributed by atoms with Gasteiger partial charge in [-0.2, -0.15) is 0 Å². The van der Waals surface area contributed by atoms with Crippen LogP contribution in [0.1, 0.15) is 76.3 Å². The molecule has 0 spiro atoms. The number of carbonyl (C=O) groups is 2. The number of hydrazine groups is 2. The van der Waals surface area contributed by atoms with Crippen LogP contribution in [0.15, 0.2) is 33.2 Å². The number of amides is 2. The largest absolute Gasteiger partial charge is 0.503 e. The quantitative estimate of drug-likeness (QED) is 0.0843. The molecule has 0 aliphatic rings. The molecule has 2 amide bonds. The van der Waals surface area contributed by atoms with Crippen molar-refractivity contribution in [3.05, 3.63) is 44.3 Å². The number of hydrogen-bond acceptors (Lipinski definition) is 8. The van der Waals surface area contributed by atoms with Gasteiger partial charge in [0.05, 0.1) is 22.2 Å². The van der Waals surface area contributed by atoms with Crippen LogP contribution >= 0.6 is 31.9 Å². The van der Waals surface area contributed by atoms with E-state index in [-0.39, 0.29) is 23.3 Å². The zero-order chi connectivity index (χ0) is 29.3. The third-order valence-corrected chi connectivity index (χ3v) is 7.08. The molecule has 0 atom stereocenters. The van der Waals surface area contributed by atoms with E-state index in [0.717, 1.165) is 49.7 Å². The normalized spacial score (nSPS) is 10.8. The van der Waals surface area contributed by atoms with E-state index in [1.165, 1.54) is 0 Å². The minimum atomic E-state index is -0.0687. The lowest BCUT2D eigenvalue weighted by molar-refractivity contribution is -0.123. The number of aromatic hydroxyl groups is 2. The van der Waals surface area contributed by atoms with Gasteiger partial charge in [0.2, 0.25) is 11.8 Å². The highest BCUT2D eigenvalue weighted by Crippen LogP contribution is 2.36. The van der Waals surface area contributed by atoms with Gasteiger partial charge >= 0.3 is 0 Å². The fourth-order valence-electron chi connectivity index (χ4n) is 3.88. The minimum Gasteiger partial charge on any atom is -0.503 e. The van der Waals surface area contributed by atoms with E-state index in [2.05, 4.69) is 53.6 Å². The number of phenolic OH excluding ortho intramolecular Hbond substituents is 2.